The lowest BCUT2D eigenvalue weighted by molar-refractivity contribution is -0.117. The van der Waals surface area contributed by atoms with Crippen LogP contribution >= 0.6 is 0 Å². The zero-order valence-electron chi connectivity index (χ0n) is 33.3. The average molecular weight is 836 g/mol. The van der Waals surface area contributed by atoms with Gasteiger partial charge in [0.2, 0.25) is 17.0 Å². The number of amides is 1. The Morgan fingerprint density at radius 2 is 1.31 bits per heavy atom. The fourth-order valence-electron chi connectivity index (χ4n) is 8.48. The maximum atomic E-state index is 12.8. The zero-order chi connectivity index (χ0) is 42.8. The second-order valence-corrected chi connectivity index (χ2v) is 16.8. The number of hydrogen-bond donors (Lipinski definition) is 3. The fraction of sp³-hybridized carbons (Fsp3) is 0.318. The van der Waals surface area contributed by atoms with Gasteiger partial charge in [-0.15, -0.1) is 0 Å². The number of nitrogen functional groups attached to an aromatic ring is 1. The van der Waals surface area contributed by atoms with Crippen molar-refractivity contribution in [2.45, 2.75) is 87.9 Å². The first-order valence-corrected chi connectivity index (χ1v) is 21.6. The van der Waals surface area contributed by atoms with Crippen LogP contribution in [-0.2, 0) is 39.7 Å². The van der Waals surface area contributed by atoms with E-state index in [9.17, 15) is 28.6 Å². The molecule has 2 aromatic carbocycles. The summed E-state index contributed by atoms with van der Waals surface area (Å²) in [6.07, 6.45) is 14.1. The Balaban J connectivity index is 0.000000139. The fourth-order valence-corrected chi connectivity index (χ4v) is 8.89. The second-order valence-electron chi connectivity index (χ2n) is 15.6. The van der Waals surface area contributed by atoms with Crippen molar-refractivity contribution >= 4 is 67.6 Å². The Morgan fingerprint density at radius 1 is 0.738 bits per heavy atom. The van der Waals surface area contributed by atoms with E-state index in [0.717, 1.165) is 85.1 Å². The molecule has 0 radical (unpaired) electrons. The summed E-state index contributed by atoms with van der Waals surface area (Å²) in [5.74, 6) is 0.635. The topological polar surface area (TPSA) is 244 Å². The minimum absolute atomic E-state index is 0.0204. The molecular formula is C44H41N11O5S. The first-order valence-electron chi connectivity index (χ1n) is 20.1. The van der Waals surface area contributed by atoms with Crippen LogP contribution in [0.2, 0.25) is 0 Å². The Kier molecular flexibility index (Phi) is 11.5. The number of nitrogens with zero attached hydrogens (tertiary/aromatic N) is 8. The molecule has 0 spiro atoms. The summed E-state index contributed by atoms with van der Waals surface area (Å²) in [5.41, 5.74) is 11.7. The Labute approximate surface area is 352 Å². The van der Waals surface area contributed by atoms with Crippen LogP contribution in [0.4, 0.5) is 23.0 Å². The monoisotopic (exact) mass is 835 g/mol. The number of Topliss-reactive ketones (excluding diaryl/α,β-unsaturated/α-hetero) is 1. The Bertz CT molecular complexity index is 2990. The third-order valence-corrected chi connectivity index (χ3v) is 12.1. The van der Waals surface area contributed by atoms with Crippen LogP contribution in [0.3, 0.4) is 0 Å². The van der Waals surface area contributed by atoms with Gasteiger partial charge in [0.05, 0.1) is 17.2 Å². The van der Waals surface area contributed by atoms with Gasteiger partial charge >= 0.3 is 0 Å². The number of carbonyl (C=O) groups excluding carboxylic acids is 2. The zero-order valence-corrected chi connectivity index (χ0v) is 34.1. The normalized spacial score (nSPS) is 16.1. The van der Waals surface area contributed by atoms with Crippen molar-refractivity contribution in [3.05, 3.63) is 109 Å². The number of hydrogen-bond acceptors (Lipinski definition) is 13. The first-order chi connectivity index (χ1) is 29.5. The molecule has 0 bridgehead atoms. The standard InChI is InChI=1S/C21H18N6O2.C14H14N4O2S.C9H9NO/c22-10-13-7-14-11-23-21(24-15-6-5-12-8-18(28)25-17(12)9-15)26-19(14)27(20(13)29)16-3-1-2-4-16;1-21(20)14-16-8-10-6-9(7-15)13(19)18(12(10)17-14)11-4-2-3-5-11;10-8-2-1-6-4-9(11)5-7(6)3-8/h5-7,9,11,16H,1-4,8H2,(H,25,28)(H,23,24,26);6,8,11H,2-5H2,1H3;1-3H,4-5,10H2. The van der Waals surface area contributed by atoms with Crippen LogP contribution in [0.25, 0.3) is 22.1 Å². The second kappa shape index (κ2) is 17.2. The minimum Gasteiger partial charge on any atom is -0.399 e. The summed E-state index contributed by atoms with van der Waals surface area (Å²) >= 11 is 0. The van der Waals surface area contributed by atoms with E-state index in [0.29, 0.717) is 53.1 Å². The molecule has 4 aromatic heterocycles. The summed E-state index contributed by atoms with van der Waals surface area (Å²) in [5, 5.41) is 26.0. The highest BCUT2D eigenvalue weighted by atomic mass is 32.2. The van der Waals surface area contributed by atoms with Crippen molar-refractivity contribution < 1.29 is 13.8 Å². The molecule has 61 heavy (non-hydrogen) atoms. The predicted octanol–water partition coefficient (Wildman–Crippen LogP) is 5.47. The van der Waals surface area contributed by atoms with Crippen LogP contribution < -0.4 is 27.5 Å². The molecule has 4 N–H and O–H groups in total. The number of nitriles is 2. The summed E-state index contributed by atoms with van der Waals surface area (Å²) in [6.45, 7) is 0. The highest BCUT2D eigenvalue weighted by Crippen LogP contribution is 2.33. The van der Waals surface area contributed by atoms with Crippen molar-refractivity contribution in [1.29, 1.82) is 10.5 Å². The van der Waals surface area contributed by atoms with Gasteiger partial charge in [-0.1, -0.05) is 37.8 Å². The quantitative estimate of drug-likeness (QED) is 0.144. The molecule has 1 atom stereocenters. The molecule has 5 heterocycles. The highest BCUT2D eigenvalue weighted by molar-refractivity contribution is 7.84. The van der Waals surface area contributed by atoms with Crippen molar-refractivity contribution in [3.63, 3.8) is 0 Å². The maximum absolute atomic E-state index is 12.8. The SMILES string of the molecule is CS(=O)c1ncc2cc(C#N)c(=O)n(C3CCCC3)c2n1.N#Cc1cc2cnc(Nc3ccc4c(c3)NC(=O)C4)nc2n(C2CCCC2)c1=O.Nc1ccc2c(c1)CC(=O)C2. The van der Waals surface area contributed by atoms with Gasteiger partial charge in [-0.25, -0.2) is 15.0 Å². The molecule has 1 amide bonds. The average Bonchev–Trinajstić information content (AvgIpc) is 4.09. The minimum atomic E-state index is -1.31. The molecule has 4 aliphatic rings. The number of anilines is 4. The number of nitrogens with two attached hydrogens (primary N) is 1. The molecule has 6 aromatic rings. The third-order valence-electron chi connectivity index (χ3n) is 11.4. The van der Waals surface area contributed by atoms with E-state index in [2.05, 4.69) is 30.6 Å². The van der Waals surface area contributed by atoms with Gasteiger partial charge in [0, 0.05) is 71.4 Å². The van der Waals surface area contributed by atoms with Crippen molar-refractivity contribution in [1.82, 2.24) is 29.1 Å². The number of benzene rings is 2. The van der Waals surface area contributed by atoms with Crippen molar-refractivity contribution in [2.75, 3.05) is 22.6 Å². The number of fused-ring (bicyclic) bond motifs is 4. The number of rotatable bonds is 5. The van der Waals surface area contributed by atoms with Gasteiger partial charge in [-0.3, -0.25) is 32.5 Å². The molecule has 16 nitrogen and oxygen atoms in total. The van der Waals surface area contributed by atoms with E-state index in [1.165, 1.54) is 18.5 Å². The largest absolute Gasteiger partial charge is 0.399 e. The van der Waals surface area contributed by atoms with E-state index in [4.69, 9.17) is 11.0 Å². The number of pyridine rings is 2. The van der Waals surface area contributed by atoms with Gasteiger partial charge < -0.3 is 16.4 Å². The third kappa shape index (κ3) is 8.51. The Hall–Kier alpha value is -7.11. The number of ketones is 1. The number of nitrogens with one attached hydrogen (secondary N) is 2. The highest BCUT2D eigenvalue weighted by Gasteiger charge is 2.25. The molecule has 2 fully saturated rings. The molecule has 1 unspecified atom stereocenters. The maximum Gasteiger partial charge on any atom is 0.270 e. The van der Waals surface area contributed by atoms with E-state index < -0.39 is 10.8 Å². The van der Waals surface area contributed by atoms with Crippen LogP contribution in [0.1, 0.15) is 91.3 Å². The summed E-state index contributed by atoms with van der Waals surface area (Å²) < 4.78 is 14.8. The van der Waals surface area contributed by atoms with Gasteiger partial charge in [0.25, 0.3) is 11.1 Å². The molecule has 17 heteroatoms. The number of aromatic nitrogens is 6. The predicted molar refractivity (Wildman–Crippen MR) is 230 cm³/mol. The van der Waals surface area contributed by atoms with Crippen molar-refractivity contribution in [2.24, 2.45) is 0 Å². The van der Waals surface area contributed by atoms with E-state index in [1.807, 2.05) is 48.5 Å². The van der Waals surface area contributed by atoms with Gasteiger partial charge in [0.1, 0.15) is 40.3 Å². The molecule has 10 rings (SSSR count). The molecule has 308 valence electrons. The lowest BCUT2D eigenvalue weighted by Crippen LogP contribution is -2.27. The lowest BCUT2D eigenvalue weighted by atomic mass is 10.1. The first kappa shape index (κ1) is 40.7. The van der Waals surface area contributed by atoms with Crippen LogP contribution in [0, 0.1) is 22.7 Å². The van der Waals surface area contributed by atoms with Gasteiger partial charge in [0.15, 0.2) is 0 Å². The van der Waals surface area contributed by atoms with Gasteiger partial charge in [-0.05, 0) is 78.8 Å². The molecular weight excluding hydrogens is 795 g/mol. The number of carbonyl (C=O) groups is 2. The summed E-state index contributed by atoms with van der Waals surface area (Å²) in [4.78, 5) is 65.2. The van der Waals surface area contributed by atoms with E-state index in [1.54, 1.807) is 21.4 Å². The Morgan fingerprint density at radius 3 is 1.92 bits per heavy atom. The van der Waals surface area contributed by atoms with Crippen molar-refractivity contribution in [3.8, 4) is 12.1 Å². The summed E-state index contributed by atoms with van der Waals surface area (Å²) in [7, 11) is -1.31. The lowest BCUT2D eigenvalue weighted by Gasteiger charge is -2.17. The molecule has 2 saturated carbocycles. The van der Waals surface area contributed by atoms with Crippen LogP contribution in [0.5, 0.6) is 0 Å². The van der Waals surface area contributed by atoms with E-state index >= 15 is 0 Å². The molecule has 0 saturated heterocycles. The molecule has 1 aliphatic heterocycles. The summed E-state index contributed by atoms with van der Waals surface area (Å²) in [6, 6.07) is 18.4. The smallest absolute Gasteiger partial charge is 0.270 e. The van der Waals surface area contributed by atoms with E-state index in [-0.39, 0.29) is 45.4 Å². The molecule has 3 aliphatic carbocycles. The van der Waals surface area contributed by atoms with Crippen LogP contribution in [-0.4, -0.2) is 51.2 Å². The van der Waals surface area contributed by atoms with Crippen LogP contribution in [0.15, 0.2) is 75.7 Å². The van der Waals surface area contributed by atoms with Gasteiger partial charge in [-0.2, -0.15) is 15.5 Å².